The minimum absolute atomic E-state index is 0.795. The molecule has 0 aliphatic heterocycles. The van der Waals surface area contributed by atoms with Crippen molar-refractivity contribution >= 4 is 22.6 Å². The van der Waals surface area contributed by atoms with Gasteiger partial charge in [-0.15, -0.1) is 11.3 Å². The highest BCUT2D eigenvalue weighted by Gasteiger charge is 1.97. The SMILES string of the molecule is CCCCCCCNc1ccc(C=O)s1. The van der Waals surface area contributed by atoms with Gasteiger partial charge in [-0.3, -0.25) is 4.79 Å². The van der Waals surface area contributed by atoms with Gasteiger partial charge in [-0.05, 0) is 18.6 Å². The Kier molecular flexibility index (Phi) is 6.09. The van der Waals surface area contributed by atoms with Crippen molar-refractivity contribution < 1.29 is 4.79 Å². The zero-order valence-corrected chi connectivity index (χ0v) is 10.1. The van der Waals surface area contributed by atoms with Gasteiger partial charge in [-0.1, -0.05) is 32.6 Å². The van der Waals surface area contributed by atoms with Crippen molar-refractivity contribution in [1.82, 2.24) is 0 Å². The molecule has 0 aliphatic rings. The van der Waals surface area contributed by atoms with Crippen LogP contribution in [0.15, 0.2) is 12.1 Å². The fourth-order valence-corrected chi connectivity index (χ4v) is 2.20. The van der Waals surface area contributed by atoms with Crippen LogP contribution in [0.5, 0.6) is 0 Å². The molecule has 0 aromatic carbocycles. The molecule has 1 heterocycles. The Balaban J connectivity index is 2.07. The summed E-state index contributed by atoms with van der Waals surface area (Å²) in [7, 11) is 0. The number of carbonyl (C=O) groups is 1. The smallest absolute Gasteiger partial charge is 0.160 e. The van der Waals surface area contributed by atoms with Crippen LogP contribution in [0.3, 0.4) is 0 Å². The average molecular weight is 225 g/mol. The van der Waals surface area contributed by atoms with Crippen LogP contribution in [0.25, 0.3) is 0 Å². The highest BCUT2D eigenvalue weighted by molar-refractivity contribution is 7.17. The molecule has 0 saturated heterocycles. The number of hydrogen-bond donors (Lipinski definition) is 1. The van der Waals surface area contributed by atoms with Crippen molar-refractivity contribution in [3.63, 3.8) is 0 Å². The molecule has 0 aliphatic carbocycles. The number of nitrogens with one attached hydrogen (secondary N) is 1. The predicted octanol–water partition coefficient (Wildman–Crippen LogP) is 3.94. The Labute approximate surface area is 95.7 Å². The summed E-state index contributed by atoms with van der Waals surface area (Å²) < 4.78 is 0. The van der Waals surface area contributed by atoms with Crippen molar-refractivity contribution in [2.24, 2.45) is 0 Å². The molecule has 3 heteroatoms. The minimum Gasteiger partial charge on any atom is -0.377 e. The third-order valence-electron chi connectivity index (χ3n) is 2.32. The van der Waals surface area contributed by atoms with E-state index in [1.165, 1.54) is 43.4 Å². The lowest BCUT2D eigenvalue weighted by molar-refractivity contribution is 0.112. The highest BCUT2D eigenvalue weighted by Crippen LogP contribution is 2.20. The second kappa shape index (κ2) is 7.46. The lowest BCUT2D eigenvalue weighted by atomic mass is 10.1. The van der Waals surface area contributed by atoms with Gasteiger partial charge >= 0.3 is 0 Å². The fraction of sp³-hybridized carbons (Fsp3) is 0.583. The first-order valence-electron chi connectivity index (χ1n) is 5.65. The summed E-state index contributed by atoms with van der Waals surface area (Å²) in [6, 6.07) is 3.83. The molecule has 0 amide bonds. The molecule has 1 N–H and O–H groups in total. The summed E-state index contributed by atoms with van der Waals surface area (Å²) in [5, 5.41) is 4.44. The third kappa shape index (κ3) is 4.98. The third-order valence-corrected chi connectivity index (χ3v) is 3.29. The van der Waals surface area contributed by atoms with Crippen LogP contribution in [0.2, 0.25) is 0 Å². The molecule has 0 spiro atoms. The van der Waals surface area contributed by atoms with E-state index in [1.54, 1.807) is 0 Å². The Morgan fingerprint density at radius 1 is 1.27 bits per heavy atom. The van der Waals surface area contributed by atoms with Crippen molar-refractivity contribution in [1.29, 1.82) is 0 Å². The van der Waals surface area contributed by atoms with Crippen LogP contribution < -0.4 is 5.32 Å². The van der Waals surface area contributed by atoms with Gasteiger partial charge in [0.2, 0.25) is 0 Å². The monoisotopic (exact) mass is 225 g/mol. The summed E-state index contributed by atoms with van der Waals surface area (Å²) >= 11 is 1.52. The molecule has 1 rings (SSSR count). The Morgan fingerprint density at radius 2 is 2.07 bits per heavy atom. The minimum atomic E-state index is 0.795. The molecule has 2 nitrogen and oxygen atoms in total. The first-order valence-corrected chi connectivity index (χ1v) is 6.47. The topological polar surface area (TPSA) is 29.1 Å². The number of hydrogen-bond acceptors (Lipinski definition) is 3. The number of rotatable bonds is 8. The Morgan fingerprint density at radius 3 is 2.73 bits per heavy atom. The molecule has 0 radical (unpaired) electrons. The van der Waals surface area contributed by atoms with Gasteiger partial charge in [0.05, 0.1) is 9.88 Å². The number of carbonyl (C=O) groups excluding carboxylic acids is 1. The van der Waals surface area contributed by atoms with E-state index in [0.717, 1.165) is 22.7 Å². The van der Waals surface area contributed by atoms with Crippen molar-refractivity contribution in [2.45, 2.75) is 39.0 Å². The molecular formula is C12H19NOS. The van der Waals surface area contributed by atoms with Crippen LogP contribution in [-0.4, -0.2) is 12.8 Å². The summed E-state index contributed by atoms with van der Waals surface area (Å²) in [6.45, 7) is 3.24. The molecule has 1 aromatic rings. The molecule has 0 bridgehead atoms. The number of aldehydes is 1. The van der Waals surface area contributed by atoms with Crippen molar-refractivity contribution in [3.8, 4) is 0 Å². The van der Waals surface area contributed by atoms with Gasteiger partial charge in [0.1, 0.15) is 0 Å². The molecule has 0 saturated carbocycles. The van der Waals surface area contributed by atoms with Crippen LogP contribution >= 0.6 is 11.3 Å². The van der Waals surface area contributed by atoms with E-state index in [4.69, 9.17) is 0 Å². The molecular weight excluding hydrogens is 206 g/mol. The van der Waals surface area contributed by atoms with Crippen LogP contribution in [-0.2, 0) is 0 Å². The van der Waals surface area contributed by atoms with Gasteiger partial charge in [0.25, 0.3) is 0 Å². The van der Waals surface area contributed by atoms with E-state index in [0.29, 0.717) is 0 Å². The van der Waals surface area contributed by atoms with Crippen molar-refractivity contribution in [2.75, 3.05) is 11.9 Å². The maximum absolute atomic E-state index is 10.5. The van der Waals surface area contributed by atoms with E-state index in [2.05, 4.69) is 12.2 Å². The molecule has 0 unspecified atom stereocenters. The highest BCUT2D eigenvalue weighted by atomic mass is 32.1. The van der Waals surface area contributed by atoms with Gasteiger partial charge < -0.3 is 5.32 Å². The summed E-state index contributed by atoms with van der Waals surface area (Å²) in [5.41, 5.74) is 0. The summed E-state index contributed by atoms with van der Waals surface area (Å²) in [6.07, 6.45) is 7.38. The second-order valence-corrected chi connectivity index (χ2v) is 4.78. The summed E-state index contributed by atoms with van der Waals surface area (Å²) in [5.74, 6) is 0. The maximum atomic E-state index is 10.5. The maximum Gasteiger partial charge on any atom is 0.160 e. The Bertz CT molecular complexity index is 283. The molecule has 1 aromatic heterocycles. The van der Waals surface area contributed by atoms with Gasteiger partial charge in [-0.2, -0.15) is 0 Å². The van der Waals surface area contributed by atoms with Gasteiger partial charge in [0, 0.05) is 6.54 Å². The zero-order valence-electron chi connectivity index (χ0n) is 9.29. The average Bonchev–Trinajstić information content (AvgIpc) is 2.71. The first-order chi connectivity index (χ1) is 7.36. The molecule has 0 atom stereocenters. The molecule has 15 heavy (non-hydrogen) atoms. The fourth-order valence-electron chi connectivity index (χ4n) is 1.45. The van der Waals surface area contributed by atoms with E-state index < -0.39 is 0 Å². The largest absolute Gasteiger partial charge is 0.377 e. The molecule has 0 fully saturated rings. The zero-order chi connectivity index (χ0) is 10.9. The lowest BCUT2D eigenvalue weighted by Gasteiger charge is -2.02. The summed E-state index contributed by atoms with van der Waals surface area (Å²) in [4.78, 5) is 11.2. The van der Waals surface area contributed by atoms with E-state index in [-0.39, 0.29) is 0 Å². The Hall–Kier alpha value is -0.830. The molecule has 84 valence electrons. The van der Waals surface area contributed by atoms with Crippen LogP contribution in [0, 0.1) is 0 Å². The predicted molar refractivity (Wildman–Crippen MR) is 67.0 cm³/mol. The van der Waals surface area contributed by atoms with E-state index >= 15 is 0 Å². The van der Waals surface area contributed by atoms with Crippen LogP contribution in [0.1, 0.15) is 48.7 Å². The number of anilines is 1. The van der Waals surface area contributed by atoms with Crippen LogP contribution in [0.4, 0.5) is 5.00 Å². The quantitative estimate of drug-likeness (QED) is 0.536. The second-order valence-electron chi connectivity index (χ2n) is 3.66. The van der Waals surface area contributed by atoms with E-state index in [9.17, 15) is 4.79 Å². The number of unbranched alkanes of at least 4 members (excludes halogenated alkanes) is 4. The first kappa shape index (κ1) is 12.2. The standard InChI is InChI=1S/C12H19NOS/c1-2-3-4-5-6-9-13-12-8-7-11(10-14)15-12/h7-8,10,13H,2-6,9H2,1H3. The normalized spacial score (nSPS) is 10.2. The lowest BCUT2D eigenvalue weighted by Crippen LogP contribution is -1.99. The van der Waals surface area contributed by atoms with Gasteiger partial charge in [-0.25, -0.2) is 0 Å². The number of thiophene rings is 1. The van der Waals surface area contributed by atoms with Crippen molar-refractivity contribution in [3.05, 3.63) is 17.0 Å². The van der Waals surface area contributed by atoms with E-state index in [1.807, 2.05) is 12.1 Å². The van der Waals surface area contributed by atoms with Gasteiger partial charge in [0.15, 0.2) is 6.29 Å².